The molecule has 4 heteroatoms. The second-order valence-corrected chi connectivity index (χ2v) is 12.4. The Labute approximate surface area is 268 Å². The van der Waals surface area contributed by atoms with E-state index < -0.39 is 0 Å². The van der Waals surface area contributed by atoms with Crippen molar-refractivity contribution in [1.29, 1.82) is 0 Å². The van der Waals surface area contributed by atoms with E-state index in [1.165, 1.54) is 28.9 Å². The van der Waals surface area contributed by atoms with Gasteiger partial charge in [0.2, 0.25) is 0 Å². The summed E-state index contributed by atoms with van der Waals surface area (Å²) in [5.74, 6) is 0.145. The molecule has 45 heavy (non-hydrogen) atoms. The van der Waals surface area contributed by atoms with Gasteiger partial charge in [0.1, 0.15) is 11.6 Å². The van der Waals surface area contributed by atoms with E-state index in [0.29, 0.717) is 18.5 Å². The Hall–Kier alpha value is -4.02. The van der Waals surface area contributed by atoms with Gasteiger partial charge in [-0.3, -0.25) is 4.90 Å². The van der Waals surface area contributed by atoms with Crippen LogP contribution in [0.25, 0.3) is 11.6 Å². The van der Waals surface area contributed by atoms with Gasteiger partial charge in [-0.1, -0.05) is 79.7 Å². The Morgan fingerprint density at radius 3 is 2.31 bits per heavy atom. The van der Waals surface area contributed by atoms with Crippen LogP contribution in [0.4, 0.5) is 14.5 Å². The molecule has 5 rings (SSSR count). The molecule has 0 spiro atoms. The van der Waals surface area contributed by atoms with Crippen molar-refractivity contribution < 1.29 is 8.78 Å². The van der Waals surface area contributed by atoms with Gasteiger partial charge >= 0.3 is 0 Å². The molecule has 0 radical (unpaired) electrons. The summed E-state index contributed by atoms with van der Waals surface area (Å²) in [6, 6.07) is 29.5. The molecule has 1 aliphatic rings. The van der Waals surface area contributed by atoms with E-state index in [2.05, 4.69) is 91.3 Å². The van der Waals surface area contributed by atoms with Crippen molar-refractivity contribution in [1.82, 2.24) is 4.90 Å². The summed E-state index contributed by atoms with van der Waals surface area (Å²) in [7, 11) is 0. The van der Waals surface area contributed by atoms with E-state index in [0.717, 1.165) is 66.7 Å². The lowest BCUT2D eigenvalue weighted by atomic mass is 9.88. The third-order valence-electron chi connectivity index (χ3n) is 9.18. The molecule has 0 saturated carbocycles. The first-order valence-electron chi connectivity index (χ1n) is 16.4. The van der Waals surface area contributed by atoms with Gasteiger partial charge in [0, 0.05) is 24.8 Å². The Kier molecular flexibility index (Phi) is 11.0. The van der Waals surface area contributed by atoms with Crippen molar-refractivity contribution in [3.8, 4) is 0 Å². The molecule has 4 aromatic rings. The molecular weight excluding hydrogens is 558 g/mol. The summed E-state index contributed by atoms with van der Waals surface area (Å²) in [4.78, 5) is 5.05. The maximum absolute atomic E-state index is 14.1. The number of halogens is 2. The first kappa shape index (κ1) is 32.4. The maximum Gasteiger partial charge on any atom is 0.123 e. The van der Waals surface area contributed by atoms with Gasteiger partial charge in [-0.15, -0.1) is 0 Å². The van der Waals surface area contributed by atoms with Crippen LogP contribution in [-0.2, 0) is 13.1 Å². The van der Waals surface area contributed by atoms with Gasteiger partial charge in [-0.25, -0.2) is 8.78 Å². The molecule has 0 aliphatic carbocycles. The smallest absolute Gasteiger partial charge is 0.123 e. The van der Waals surface area contributed by atoms with Crippen LogP contribution in [0.1, 0.15) is 73.4 Å². The van der Waals surface area contributed by atoms with Crippen LogP contribution in [0.3, 0.4) is 0 Å². The Balaban J connectivity index is 1.29. The molecule has 1 fully saturated rings. The normalized spacial score (nSPS) is 15.5. The number of allylic oxidation sites excluding steroid dienone is 2. The van der Waals surface area contributed by atoms with Crippen molar-refractivity contribution in [2.75, 3.05) is 18.0 Å². The number of hydrogen-bond acceptors (Lipinski definition) is 2. The number of rotatable bonds is 11. The highest BCUT2D eigenvalue weighted by Crippen LogP contribution is 2.33. The summed E-state index contributed by atoms with van der Waals surface area (Å²) in [5, 5.41) is 0. The zero-order valence-electron chi connectivity index (χ0n) is 27.1. The van der Waals surface area contributed by atoms with Gasteiger partial charge in [0.05, 0.1) is 0 Å². The van der Waals surface area contributed by atoms with Crippen LogP contribution in [-0.4, -0.2) is 24.0 Å². The Morgan fingerprint density at radius 1 is 0.889 bits per heavy atom. The number of benzene rings is 4. The number of nitrogens with zero attached hydrogens (tertiary/aromatic N) is 2. The number of likely N-dealkylation sites (tertiary alicyclic amines) is 1. The minimum absolute atomic E-state index is 0.185. The molecule has 0 amide bonds. The quantitative estimate of drug-likeness (QED) is 0.168. The Morgan fingerprint density at radius 2 is 1.62 bits per heavy atom. The molecule has 0 N–H and O–H groups in total. The zero-order chi connectivity index (χ0) is 31.8. The highest BCUT2D eigenvalue weighted by atomic mass is 19.1. The fourth-order valence-corrected chi connectivity index (χ4v) is 6.79. The van der Waals surface area contributed by atoms with E-state index in [1.54, 1.807) is 24.3 Å². The first-order chi connectivity index (χ1) is 21.9. The molecule has 1 saturated heterocycles. The van der Waals surface area contributed by atoms with Crippen molar-refractivity contribution in [3.63, 3.8) is 0 Å². The molecule has 4 aromatic carbocycles. The highest BCUT2D eigenvalue weighted by molar-refractivity contribution is 5.84. The number of hydrogen-bond donors (Lipinski definition) is 0. The van der Waals surface area contributed by atoms with Crippen molar-refractivity contribution in [2.45, 2.75) is 66.1 Å². The van der Waals surface area contributed by atoms with E-state index in [1.807, 2.05) is 19.1 Å². The average Bonchev–Trinajstić information content (AvgIpc) is 3.04. The number of aryl methyl sites for hydroxylation is 1. The van der Waals surface area contributed by atoms with Crippen LogP contribution < -0.4 is 4.90 Å². The van der Waals surface area contributed by atoms with Gasteiger partial charge in [0.25, 0.3) is 0 Å². The molecule has 234 valence electrons. The largest absolute Gasteiger partial charge is 0.364 e. The van der Waals surface area contributed by atoms with E-state index in [-0.39, 0.29) is 11.6 Å². The lowest BCUT2D eigenvalue weighted by molar-refractivity contribution is 0.163. The van der Waals surface area contributed by atoms with Crippen molar-refractivity contribution in [2.24, 2.45) is 5.92 Å². The monoisotopic (exact) mass is 604 g/mol. The summed E-state index contributed by atoms with van der Waals surface area (Å²) >= 11 is 0. The van der Waals surface area contributed by atoms with Crippen LogP contribution in [0.2, 0.25) is 0 Å². The number of para-hydroxylation sites is 1. The molecule has 0 bridgehead atoms. The summed E-state index contributed by atoms with van der Waals surface area (Å²) in [6.07, 6.45) is 9.55. The van der Waals surface area contributed by atoms with Gasteiger partial charge in [0.15, 0.2) is 0 Å². The fourth-order valence-electron chi connectivity index (χ4n) is 6.79. The topological polar surface area (TPSA) is 6.48 Å². The molecule has 1 aliphatic heterocycles. The molecule has 1 unspecified atom stereocenters. The van der Waals surface area contributed by atoms with Crippen molar-refractivity contribution >= 4 is 17.3 Å². The summed E-state index contributed by atoms with van der Waals surface area (Å²) in [6.45, 7) is 12.3. The van der Waals surface area contributed by atoms with Crippen LogP contribution in [0.5, 0.6) is 0 Å². The second kappa shape index (κ2) is 15.3. The van der Waals surface area contributed by atoms with Gasteiger partial charge in [-0.05, 0) is 134 Å². The maximum atomic E-state index is 14.1. The Bertz CT molecular complexity index is 1630. The van der Waals surface area contributed by atoms with E-state index in [4.69, 9.17) is 0 Å². The fraction of sp³-hybridized carbons (Fsp3) is 0.317. The third-order valence-corrected chi connectivity index (χ3v) is 9.18. The minimum Gasteiger partial charge on any atom is -0.364 e. The van der Waals surface area contributed by atoms with Crippen LogP contribution in [0.15, 0.2) is 103 Å². The molecule has 2 nitrogen and oxygen atoms in total. The number of anilines is 1. The van der Waals surface area contributed by atoms with E-state index in [9.17, 15) is 8.78 Å². The lowest BCUT2D eigenvalue weighted by Gasteiger charge is -2.41. The SMILES string of the molecule is C/C=C/c1cc(CN2CCC(C(C)N(Cc3cccc(F)c3)c3ccccc3C)CC2)ccc1/C(=C\CC)c1cccc(F)c1. The highest BCUT2D eigenvalue weighted by Gasteiger charge is 2.29. The summed E-state index contributed by atoms with van der Waals surface area (Å²) < 4.78 is 28.2. The zero-order valence-corrected chi connectivity index (χ0v) is 27.1. The minimum atomic E-state index is -0.215. The van der Waals surface area contributed by atoms with Crippen LogP contribution >= 0.6 is 0 Å². The average molecular weight is 605 g/mol. The summed E-state index contributed by atoms with van der Waals surface area (Å²) in [5.41, 5.74) is 9.03. The first-order valence-corrected chi connectivity index (χ1v) is 16.4. The second-order valence-electron chi connectivity index (χ2n) is 12.4. The van der Waals surface area contributed by atoms with Crippen molar-refractivity contribution in [3.05, 3.63) is 148 Å². The third kappa shape index (κ3) is 8.18. The molecular formula is C41H46F2N2. The predicted octanol–water partition coefficient (Wildman–Crippen LogP) is 10.5. The molecule has 0 aromatic heterocycles. The van der Waals surface area contributed by atoms with E-state index >= 15 is 0 Å². The van der Waals surface area contributed by atoms with Gasteiger partial charge < -0.3 is 4.90 Å². The van der Waals surface area contributed by atoms with Gasteiger partial charge in [-0.2, -0.15) is 0 Å². The predicted molar refractivity (Wildman–Crippen MR) is 186 cm³/mol. The lowest BCUT2D eigenvalue weighted by Crippen LogP contribution is -2.44. The molecule has 1 heterocycles. The van der Waals surface area contributed by atoms with Crippen LogP contribution in [0, 0.1) is 24.5 Å². The molecule has 1 atom stereocenters. The number of piperidine rings is 1. The standard InChI is InChI=1S/C41H46F2N2/c1-5-11-35-25-33(19-20-40(35)39(12-6-2)36-15-10-17-38(43)27-36)28-44-23-21-34(22-24-44)31(4)45(41-18-8-7-13-30(41)3)29-32-14-9-16-37(42)26-32/h5,7-20,25-27,31,34H,6,21-24,28-29H2,1-4H3/b11-5+,39-12-.